The first-order valence-corrected chi connectivity index (χ1v) is 29.0. The van der Waals surface area contributed by atoms with Crippen LogP contribution in [0.3, 0.4) is 0 Å². The van der Waals surface area contributed by atoms with Crippen LogP contribution in [0.25, 0.3) is 45.5 Å². The zero-order valence-corrected chi connectivity index (χ0v) is 48.0. The Kier molecular flexibility index (Phi) is 13.6. The molecule has 0 saturated carbocycles. The molecule has 2 nitrogen and oxygen atoms in total. The van der Waals surface area contributed by atoms with E-state index in [-0.39, 0.29) is 11.6 Å². The van der Waals surface area contributed by atoms with Crippen molar-refractivity contribution in [2.75, 3.05) is 9.80 Å². The van der Waals surface area contributed by atoms with Gasteiger partial charge >= 0.3 is 0 Å². The zero-order chi connectivity index (χ0) is 60.6. The Morgan fingerprint density at radius 3 is 0.977 bits per heavy atom. The first kappa shape index (κ1) is 55.2. The fraction of sp³-hybridized carbons (Fsp3) is 0.0500. The molecule has 0 spiro atoms. The Labute approximate surface area is 507 Å². The minimum Gasteiger partial charge on any atom is -0.310 e. The van der Waals surface area contributed by atoms with E-state index in [4.69, 9.17) is 0 Å². The maximum Gasteiger partial charge on any atom is 0.159 e. The monoisotopic (exact) mass is 1160 g/mol. The lowest BCUT2D eigenvalue weighted by atomic mass is 9.67. The van der Waals surface area contributed by atoms with Gasteiger partial charge < -0.3 is 9.80 Å². The standard InChI is InChI=1S/C80H54F6N2/c1-5-51-17-25-55(26-18-51)79(57-29-41-73(81)77(85)43-57)69-13-9-7-11-65(69)67-39-37-61(45-71(67)79)87(63-31-15-49(3)75(83)47-63)59-33-21-53(22-34-59)54-23-35-60(36-24-54)88(64-32-16-50(4)76(84)48-64)62-38-40-68-66-12-8-10-14-70(66)80(72(68)46-62,56-27-19-52(6-2)20-28-56)58-30-42-74(82)78(86)44-58/h5-48H,1-2H2,3-4H3. The normalized spacial score (nSPS) is 15.2. The number of halogens is 6. The summed E-state index contributed by atoms with van der Waals surface area (Å²) in [7, 11) is 0. The van der Waals surface area contributed by atoms with Crippen LogP contribution < -0.4 is 9.80 Å². The van der Waals surface area contributed by atoms with E-state index < -0.39 is 34.1 Å². The molecule has 88 heavy (non-hydrogen) atoms. The van der Waals surface area contributed by atoms with Gasteiger partial charge in [-0.15, -0.1) is 0 Å². The summed E-state index contributed by atoms with van der Waals surface area (Å²) < 4.78 is 92.9. The van der Waals surface area contributed by atoms with E-state index in [1.807, 2.05) is 180 Å². The summed E-state index contributed by atoms with van der Waals surface area (Å²) in [5.41, 5.74) is 16.4. The Morgan fingerprint density at radius 2 is 0.614 bits per heavy atom. The largest absolute Gasteiger partial charge is 0.310 e. The van der Waals surface area contributed by atoms with Crippen LogP contribution in [-0.2, 0) is 10.8 Å². The molecule has 0 aromatic heterocycles. The lowest BCUT2D eigenvalue weighted by Gasteiger charge is -2.35. The Hall–Kier alpha value is -10.7. The lowest BCUT2D eigenvalue weighted by Crippen LogP contribution is -2.29. The van der Waals surface area contributed by atoms with E-state index in [9.17, 15) is 8.78 Å². The molecule has 2 unspecified atom stereocenters. The number of aryl methyl sites for hydroxylation is 2. The maximum absolute atomic E-state index is 15.9. The van der Waals surface area contributed by atoms with Crippen LogP contribution in [0, 0.1) is 48.8 Å². The minimum absolute atomic E-state index is 0.375. The molecule has 12 aromatic rings. The predicted octanol–water partition coefficient (Wildman–Crippen LogP) is 21.8. The molecule has 0 radical (unpaired) electrons. The molecular formula is C80H54F6N2. The van der Waals surface area contributed by atoms with Crippen LogP contribution in [0.4, 0.5) is 60.5 Å². The molecule has 0 bridgehead atoms. The summed E-state index contributed by atoms with van der Waals surface area (Å²) in [5.74, 6) is -4.57. The van der Waals surface area contributed by atoms with Crippen LogP contribution in [0.2, 0.25) is 0 Å². The van der Waals surface area contributed by atoms with Crippen molar-refractivity contribution in [3.63, 3.8) is 0 Å². The molecule has 0 saturated heterocycles. The van der Waals surface area contributed by atoms with Crippen molar-refractivity contribution in [2.45, 2.75) is 24.7 Å². The fourth-order valence-electron chi connectivity index (χ4n) is 13.5. The number of anilines is 6. The van der Waals surface area contributed by atoms with Gasteiger partial charge in [0.25, 0.3) is 0 Å². The molecule has 0 amide bonds. The first-order chi connectivity index (χ1) is 42.8. The molecule has 0 fully saturated rings. The second-order valence-corrected chi connectivity index (χ2v) is 22.6. The highest BCUT2D eigenvalue weighted by molar-refractivity contribution is 5.92. The first-order valence-electron chi connectivity index (χ1n) is 29.0. The number of rotatable bonds is 13. The third-order valence-corrected chi connectivity index (χ3v) is 17.8. The fourth-order valence-corrected chi connectivity index (χ4v) is 13.5. The molecule has 2 atom stereocenters. The highest BCUT2D eigenvalue weighted by atomic mass is 19.2. The van der Waals surface area contributed by atoms with Crippen LogP contribution in [0.15, 0.2) is 268 Å². The second-order valence-electron chi connectivity index (χ2n) is 22.6. The summed E-state index contributed by atoms with van der Waals surface area (Å²) in [6.07, 6.45) is 3.53. The van der Waals surface area contributed by atoms with E-state index in [0.29, 0.717) is 45.0 Å². The van der Waals surface area contributed by atoms with Crippen LogP contribution in [-0.4, -0.2) is 0 Å². The van der Waals surface area contributed by atoms with Gasteiger partial charge in [-0.2, -0.15) is 0 Å². The summed E-state index contributed by atoms with van der Waals surface area (Å²) in [5, 5.41) is 0. The second kappa shape index (κ2) is 21.7. The van der Waals surface area contributed by atoms with Gasteiger partial charge in [-0.25, -0.2) is 26.3 Å². The predicted molar refractivity (Wildman–Crippen MR) is 345 cm³/mol. The maximum atomic E-state index is 15.9. The topological polar surface area (TPSA) is 6.48 Å². The molecule has 2 aliphatic carbocycles. The molecule has 12 aromatic carbocycles. The minimum atomic E-state index is -1.10. The van der Waals surface area contributed by atoms with Gasteiger partial charge in [0.2, 0.25) is 0 Å². The molecular weight excluding hydrogens is 1100 g/mol. The van der Waals surface area contributed by atoms with E-state index in [1.165, 1.54) is 36.4 Å². The average molecular weight is 1160 g/mol. The summed E-state index contributed by atoms with van der Waals surface area (Å²) in [4.78, 5) is 4.00. The van der Waals surface area contributed by atoms with Crippen LogP contribution in [0.1, 0.15) is 66.8 Å². The number of nitrogens with zero attached hydrogens (tertiary/aromatic N) is 2. The molecule has 426 valence electrons. The highest BCUT2D eigenvalue weighted by Gasteiger charge is 2.48. The SMILES string of the molecule is C=Cc1ccc(C2(c3ccc(F)c(F)c3)c3ccccc3-c3ccc(N(c4ccc(-c5ccc(N(c6ccc(C)c(F)c6)c6ccc7c(c6)C(c6ccc(C=C)cc6)(c6ccc(F)c(F)c6)c6ccccc6-7)cc5)cc4)c4ccc(C)c(F)c4)cc32)cc1. The Morgan fingerprint density at radius 1 is 0.284 bits per heavy atom. The van der Waals surface area contributed by atoms with E-state index in [2.05, 4.69) is 37.4 Å². The Bertz CT molecular complexity index is 4460. The smallest absolute Gasteiger partial charge is 0.159 e. The van der Waals surface area contributed by atoms with Crippen molar-refractivity contribution < 1.29 is 26.3 Å². The zero-order valence-electron chi connectivity index (χ0n) is 48.0. The molecule has 14 rings (SSSR count). The number of hydrogen-bond acceptors (Lipinski definition) is 2. The van der Waals surface area contributed by atoms with Gasteiger partial charge in [-0.3, -0.25) is 0 Å². The van der Waals surface area contributed by atoms with Crippen LogP contribution in [0.5, 0.6) is 0 Å². The van der Waals surface area contributed by atoms with Crippen molar-refractivity contribution in [2.24, 2.45) is 0 Å². The third kappa shape index (κ3) is 8.80. The third-order valence-electron chi connectivity index (χ3n) is 17.8. The molecule has 0 heterocycles. The molecule has 2 aliphatic rings. The van der Waals surface area contributed by atoms with Crippen molar-refractivity contribution >= 4 is 46.3 Å². The van der Waals surface area contributed by atoms with Gasteiger partial charge in [-0.1, -0.05) is 183 Å². The summed E-state index contributed by atoms with van der Waals surface area (Å²) >= 11 is 0. The van der Waals surface area contributed by atoms with Crippen LogP contribution >= 0.6 is 0 Å². The van der Waals surface area contributed by atoms with E-state index >= 15 is 17.6 Å². The van der Waals surface area contributed by atoms with Gasteiger partial charge in [0.1, 0.15) is 11.6 Å². The molecule has 8 heteroatoms. The number of fused-ring (bicyclic) bond motifs is 6. The van der Waals surface area contributed by atoms with Gasteiger partial charge in [0.15, 0.2) is 23.3 Å². The van der Waals surface area contributed by atoms with Crippen molar-refractivity contribution in [3.8, 4) is 33.4 Å². The van der Waals surface area contributed by atoms with E-state index in [0.717, 1.165) is 89.3 Å². The molecule has 0 N–H and O–H groups in total. The lowest BCUT2D eigenvalue weighted by molar-refractivity contribution is 0.505. The van der Waals surface area contributed by atoms with Crippen molar-refractivity contribution in [1.29, 1.82) is 0 Å². The van der Waals surface area contributed by atoms with Crippen molar-refractivity contribution in [1.82, 2.24) is 0 Å². The summed E-state index contributed by atoms with van der Waals surface area (Å²) in [6, 6.07) is 78.9. The van der Waals surface area contributed by atoms with Gasteiger partial charge in [-0.05, 0) is 211 Å². The number of benzene rings is 12. The van der Waals surface area contributed by atoms with Gasteiger partial charge in [0, 0.05) is 34.1 Å². The summed E-state index contributed by atoms with van der Waals surface area (Å²) in [6.45, 7) is 11.4. The average Bonchev–Trinajstić information content (AvgIpc) is 1.53. The quantitative estimate of drug-likeness (QED) is 0.106. The molecule has 0 aliphatic heterocycles. The van der Waals surface area contributed by atoms with Crippen molar-refractivity contribution in [3.05, 3.63) is 370 Å². The number of hydrogen-bond donors (Lipinski definition) is 0. The van der Waals surface area contributed by atoms with Gasteiger partial charge in [0.05, 0.1) is 10.8 Å². The van der Waals surface area contributed by atoms with E-state index in [1.54, 1.807) is 50.3 Å². The highest BCUT2D eigenvalue weighted by Crippen LogP contribution is 2.59. The Balaban J connectivity index is 0.876.